The third-order valence-corrected chi connectivity index (χ3v) is 5.89. The fourth-order valence-corrected chi connectivity index (χ4v) is 4.03. The predicted octanol–water partition coefficient (Wildman–Crippen LogP) is 3.13. The molecule has 1 amide bonds. The molecule has 1 atom stereocenters. The fourth-order valence-electron chi connectivity index (χ4n) is 2.65. The third-order valence-electron chi connectivity index (χ3n) is 4.02. The normalized spacial score (nSPS) is 12.6. The van der Waals surface area contributed by atoms with Crippen molar-refractivity contribution < 1.29 is 22.7 Å². The second-order valence-electron chi connectivity index (χ2n) is 6.95. The monoisotopic (exact) mass is 440 g/mol. The van der Waals surface area contributed by atoms with Gasteiger partial charge in [-0.25, -0.2) is 13.1 Å². The molecule has 0 aliphatic carbocycles. The number of rotatable bonds is 10. The molecule has 0 aliphatic heterocycles. The van der Waals surface area contributed by atoms with Gasteiger partial charge < -0.3 is 14.8 Å². The number of carbonyl (C=O) groups is 1. The van der Waals surface area contributed by atoms with Crippen molar-refractivity contribution in [3.05, 3.63) is 45.6 Å². The van der Waals surface area contributed by atoms with Gasteiger partial charge in [-0.2, -0.15) is 0 Å². The first-order valence-electron chi connectivity index (χ1n) is 9.28. The fraction of sp³-hybridized carbons (Fsp3) is 0.450. The second-order valence-corrected chi connectivity index (χ2v) is 9.96. The molecule has 0 saturated heterocycles. The largest absolute Gasteiger partial charge is 0.493 e. The Morgan fingerprint density at radius 1 is 1.14 bits per heavy atom. The molecule has 2 N–H and O–H groups in total. The molecule has 1 aromatic carbocycles. The van der Waals surface area contributed by atoms with E-state index in [0.29, 0.717) is 29.3 Å². The highest BCUT2D eigenvalue weighted by Gasteiger charge is 2.16. The number of hydrogen-bond donors (Lipinski definition) is 2. The number of sulfonamides is 1. The number of carbonyl (C=O) groups excluding carboxylic acids is 1. The Hall–Kier alpha value is -2.10. The van der Waals surface area contributed by atoms with Crippen LogP contribution in [0.2, 0.25) is 0 Å². The molecule has 7 nitrogen and oxygen atoms in total. The number of methoxy groups -OCH3 is 1. The molecule has 1 unspecified atom stereocenters. The van der Waals surface area contributed by atoms with E-state index in [0.717, 1.165) is 16.7 Å². The average molecular weight is 441 g/mol. The summed E-state index contributed by atoms with van der Waals surface area (Å²) in [7, 11) is -1.63. The Kier molecular flexibility index (Phi) is 8.06. The van der Waals surface area contributed by atoms with Crippen molar-refractivity contribution in [1.82, 2.24) is 10.0 Å². The van der Waals surface area contributed by atoms with Crippen molar-refractivity contribution >= 4 is 27.3 Å². The lowest BCUT2D eigenvalue weighted by Crippen LogP contribution is -2.26. The van der Waals surface area contributed by atoms with Gasteiger partial charge in [0.2, 0.25) is 10.0 Å². The molecule has 0 bridgehead atoms. The maximum atomic E-state index is 12.6. The summed E-state index contributed by atoms with van der Waals surface area (Å²) in [4.78, 5) is 14.1. The zero-order chi connectivity index (χ0) is 21.6. The first kappa shape index (κ1) is 23.2. The van der Waals surface area contributed by atoms with Crippen LogP contribution in [0, 0.1) is 0 Å². The Morgan fingerprint density at radius 2 is 1.86 bits per heavy atom. The van der Waals surface area contributed by atoms with E-state index in [1.165, 1.54) is 11.3 Å². The van der Waals surface area contributed by atoms with Gasteiger partial charge in [0.15, 0.2) is 11.5 Å². The van der Waals surface area contributed by atoms with Gasteiger partial charge in [-0.15, -0.1) is 11.3 Å². The van der Waals surface area contributed by atoms with Crippen molar-refractivity contribution in [2.75, 3.05) is 19.9 Å². The zero-order valence-electron chi connectivity index (χ0n) is 17.3. The van der Waals surface area contributed by atoms with E-state index in [9.17, 15) is 13.2 Å². The van der Waals surface area contributed by atoms with Crippen LogP contribution in [0.1, 0.15) is 46.9 Å². The third kappa shape index (κ3) is 7.34. The average Bonchev–Trinajstić information content (AvgIpc) is 3.09. The van der Waals surface area contributed by atoms with Crippen molar-refractivity contribution in [3.8, 4) is 11.5 Å². The predicted molar refractivity (Wildman–Crippen MR) is 116 cm³/mol. The molecule has 160 valence electrons. The molecule has 0 saturated carbocycles. The summed E-state index contributed by atoms with van der Waals surface area (Å²) in [5.41, 5.74) is 0.903. The number of ether oxygens (including phenoxy) is 2. The van der Waals surface area contributed by atoms with Crippen LogP contribution in [0.3, 0.4) is 0 Å². The molecule has 0 fully saturated rings. The standard InChI is InChI=1S/C20H28N2O5S2/c1-13(2)27-17-8-6-15(12-18(17)26-4)14(3)22-20(23)19-9-7-16(28-19)10-11-21-29(5,24)25/h6-9,12-14,21H,10-11H2,1-5H3,(H,22,23). The highest BCUT2D eigenvalue weighted by Crippen LogP contribution is 2.31. The van der Waals surface area contributed by atoms with Crippen LogP contribution in [0.5, 0.6) is 11.5 Å². The lowest BCUT2D eigenvalue weighted by Gasteiger charge is -2.18. The molecule has 0 aliphatic rings. The summed E-state index contributed by atoms with van der Waals surface area (Å²) in [6.45, 7) is 6.10. The lowest BCUT2D eigenvalue weighted by molar-refractivity contribution is 0.0944. The summed E-state index contributed by atoms with van der Waals surface area (Å²) in [6, 6.07) is 8.98. The Labute approximate surface area is 176 Å². The van der Waals surface area contributed by atoms with Crippen molar-refractivity contribution in [1.29, 1.82) is 0 Å². The quantitative estimate of drug-likeness (QED) is 0.592. The Balaban J connectivity index is 2.00. The number of thiophene rings is 1. The van der Waals surface area contributed by atoms with Gasteiger partial charge in [0, 0.05) is 11.4 Å². The van der Waals surface area contributed by atoms with E-state index >= 15 is 0 Å². The summed E-state index contributed by atoms with van der Waals surface area (Å²) in [5.74, 6) is 1.11. The smallest absolute Gasteiger partial charge is 0.261 e. The lowest BCUT2D eigenvalue weighted by atomic mass is 10.1. The molecular formula is C20H28N2O5S2. The zero-order valence-corrected chi connectivity index (χ0v) is 18.9. The van der Waals surface area contributed by atoms with Gasteiger partial charge in [-0.3, -0.25) is 4.79 Å². The number of benzene rings is 1. The topological polar surface area (TPSA) is 93.7 Å². The van der Waals surface area contributed by atoms with Crippen LogP contribution in [0.15, 0.2) is 30.3 Å². The summed E-state index contributed by atoms with van der Waals surface area (Å²) >= 11 is 1.35. The first-order valence-corrected chi connectivity index (χ1v) is 12.0. The van der Waals surface area contributed by atoms with Gasteiger partial charge >= 0.3 is 0 Å². The highest BCUT2D eigenvalue weighted by atomic mass is 32.2. The molecule has 2 aromatic rings. The number of amides is 1. The minimum Gasteiger partial charge on any atom is -0.493 e. The highest BCUT2D eigenvalue weighted by molar-refractivity contribution is 7.88. The van der Waals surface area contributed by atoms with E-state index in [4.69, 9.17) is 9.47 Å². The maximum absolute atomic E-state index is 12.6. The number of hydrogen-bond acceptors (Lipinski definition) is 6. The Bertz CT molecular complexity index is 938. The second kappa shape index (κ2) is 10.1. The first-order chi connectivity index (χ1) is 13.6. The van der Waals surface area contributed by atoms with E-state index in [1.54, 1.807) is 13.2 Å². The molecular weight excluding hydrogens is 412 g/mol. The van der Waals surface area contributed by atoms with Crippen molar-refractivity contribution in [2.24, 2.45) is 0 Å². The van der Waals surface area contributed by atoms with Crippen LogP contribution >= 0.6 is 11.3 Å². The SMILES string of the molecule is COc1cc(C(C)NC(=O)c2ccc(CCNS(C)(=O)=O)s2)ccc1OC(C)C. The van der Waals surface area contributed by atoms with Crippen molar-refractivity contribution in [2.45, 2.75) is 39.3 Å². The summed E-state index contributed by atoms with van der Waals surface area (Å²) in [6.07, 6.45) is 1.69. The van der Waals surface area contributed by atoms with Crippen LogP contribution in [-0.4, -0.2) is 40.3 Å². The maximum Gasteiger partial charge on any atom is 0.261 e. The van der Waals surface area contributed by atoms with Crippen LogP contribution in [-0.2, 0) is 16.4 Å². The van der Waals surface area contributed by atoms with Crippen molar-refractivity contribution in [3.63, 3.8) is 0 Å². The molecule has 29 heavy (non-hydrogen) atoms. The Morgan fingerprint density at radius 3 is 2.48 bits per heavy atom. The van der Waals surface area contributed by atoms with E-state index in [1.807, 2.05) is 45.0 Å². The van der Waals surface area contributed by atoms with Gasteiger partial charge in [-0.05, 0) is 57.0 Å². The molecule has 2 rings (SSSR count). The molecule has 0 radical (unpaired) electrons. The van der Waals surface area contributed by atoms with Crippen LogP contribution in [0.4, 0.5) is 0 Å². The summed E-state index contributed by atoms with van der Waals surface area (Å²) in [5, 5.41) is 2.98. The minimum absolute atomic E-state index is 0.0348. The molecule has 1 aromatic heterocycles. The van der Waals surface area contributed by atoms with Crippen LogP contribution < -0.4 is 19.5 Å². The van der Waals surface area contributed by atoms with Gasteiger partial charge in [0.1, 0.15) is 0 Å². The van der Waals surface area contributed by atoms with Gasteiger partial charge in [0.25, 0.3) is 5.91 Å². The molecule has 9 heteroatoms. The summed E-state index contributed by atoms with van der Waals surface area (Å²) < 4.78 is 35.8. The van der Waals surface area contributed by atoms with Gasteiger partial charge in [-0.1, -0.05) is 6.07 Å². The number of nitrogens with one attached hydrogen (secondary N) is 2. The van der Waals surface area contributed by atoms with E-state index in [2.05, 4.69) is 10.0 Å². The van der Waals surface area contributed by atoms with Gasteiger partial charge in [0.05, 0.1) is 30.4 Å². The van der Waals surface area contributed by atoms with Crippen LogP contribution in [0.25, 0.3) is 0 Å². The molecule has 1 heterocycles. The minimum atomic E-state index is -3.21. The van der Waals surface area contributed by atoms with E-state index in [-0.39, 0.29) is 18.1 Å². The molecule has 0 spiro atoms. The van der Waals surface area contributed by atoms with E-state index < -0.39 is 10.0 Å².